The molecule has 0 bridgehead atoms. The van der Waals surface area contributed by atoms with E-state index in [2.05, 4.69) is 15.6 Å². The molecule has 1 amide bonds. The average molecular weight is 543 g/mol. The molecule has 1 aliphatic rings. The Morgan fingerprint density at radius 1 is 1.13 bits per heavy atom. The molecule has 1 aliphatic heterocycles. The maximum absolute atomic E-state index is 11.9. The van der Waals surface area contributed by atoms with Crippen LogP contribution in [0.25, 0.3) is 11.3 Å². The lowest BCUT2D eigenvalue weighted by atomic mass is 10.0. The maximum Gasteiger partial charge on any atom is 0.335 e. The predicted octanol–water partition coefficient (Wildman–Crippen LogP) is 5.11. The average Bonchev–Trinajstić information content (AvgIpc) is 3.54. The van der Waals surface area contributed by atoms with Gasteiger partial charge in [-0.15, -0.1) is 0 Å². The van der Waals surface area contributed by atoms with Crippen molar-refractivity contribution in [2.24, 2.45) is 0 Å². The number of rotatable bonds is 8. The van der Waals surface area contributed by atoms with Crippen molar-refractivity contribution < 1.29 is 23.8 Å². The van der Waals surface area contributed by atoms with Crippen molar-refractivity contribution in [3.8, 4) is 11.3 Å². The summed E-state index contributed by atoms with van der Waals surface area (Å²) >= 11 is 5.78. The molecule has 1 fully saturated rings. The van der Waals surface area contributed by atoms with E-state index in [1.165, 1.54) is 7.11 Å². The second kappa shape index (κ2) is 11.1. The highest BCUT2D eigenvalue weighted by atomic mass is 32.1. The second-order valence-corrected chi connectivity index (χ2v) is 9.45. The molecule has 4 aromatic rings. The van der Waals surface area contributed by atoms with Crippen LogP contribution in [0.1, 0.15) is 39.5 Å². The number of benzene rings is 2. The van der Waals surface area contributed by atoms with Crippen molar-refractivity contribution in [2.75, 3.05) is 23.9 Å². The predicted molar refractivity (Wildman–Crippen MR) is 151 cm³/mol. The number of anilines is 2. The molecule has 5 rings (SSSR count). The minimum atomic E-state index is -0.978. The highest BCUT2D eigenvalue weighted by Crippen LogP contribution is 2.43. The Bertz CT molecular complexity index is 1520. The molecule has 2 aromatic heterocycles. The van der Waals surface area contributed by atoms with Crippen LogP contribution in [0, 0.1) is 6.92 Å². The van der Waals surface area contributed by atoms with Gasteiger partial charge in [0, 0.05) is 30.2 Å². The Kier molecular flexibility index (Phi) is 7.40. The molecule has 0 radical (unpaired) electrons. The monoisotopic (exact) mass is 542 g/mol. The number of amides is 1. The van der Waals surface area contributed by atoms with Gasteiger partial charge < -0.3 is 29.8 Å². The largest absolute Gasteiger partial charge is 0.478 e. The normalized spacial score (nSPS) is 16.7. The first-order chi connectivity index (χ1) is 18.9. The van der Waals surface area contributed by atoms with Crippen LogP contribution in [-0.2, 0) is 9.53 Å². The zero-order chi connectivity index (χ0) is 27.5. The quantitative estimate of drug-likeness (QED) is 0.261. The van der Waals surface area contributed by atoms with Crippen molar-refractivity contribution in [3.63, 3.8) is 0 Å². The van der Waals surface area contributed by atoms with Crippen LogP contribution in [0.3, 0.4) is 0 Å². The van der Waals surface area contributed by atoms with Crippen molar-refractivity contribution in [3.05, 3.63) is 102 Å². The van der Waals surface area contributed by atoms with E-state index in [0.717, 1.165) is 22.5 Å². The first-order valence-electron chi connectivity index (χ1n) is 12.2. The van der Waals surface area contributed by atoms with E-state index in [1.807, 2.05) is 54.3 Å². The molecule has 3 N–H and O–H groups in total. The highest BCUT2D eigenvalue weighted by Gasteiger charge is 2.42. The van der Waals surface area contributed by atoms with E-state index in [-0.39, 0.29) is 30.2 Å². The zero-order valence-electron chi connectivity index (χ0n) is 21.3. The van der Waals surface area contributed by atoms with Crippen molar-refractivity contribution in [2.45, 2.75) is 19.0 Å². The van der Waals surface area contributed by atoms with Crippen LogP contribution >= 0.6 is 12.2 Å². The molecule has 0 aliphatic carbocycles. The van der Waals surface area contributed by atoms with Gasteiger partial charge in [-0.2, -0.15) is 0 Å². The molecule has 2 atom stereocenters. The standard InChI is InChI=1S/C29H26N4O5S/c1-17-15-18(28(35)36)6-11-21(17)23-12-13-24(38-23)27-26(22-5-3-4-14-30-22)32-29(39)33(27)20-9-7-19(8-10-20)31-25(34)16-37-2/h3-15,26-27H,16H2,1-2H3,(H,31,34)(H,32,39)(H,35,36). The van der Waals surface area contributed by atoms with E-state index in [1.54, 1.807) is 36.5 Å². The third-order valence-electron chi connectivity index (χ3n) is 6.46. The van der Waals surface area contributed by atoms with Gasteiger partial charge in [0.1, 0.15) is 24.2 Å². The number of nitrogens with one attached hydrogen (secondary N) is 2. The topological polar surface area (TPSA) is 117 Å². The number of hydrogen-bond donors (Lipinski definition) is 3. The van der Waals surface area contributed by atoms with Crippen LogP contribution in [0.2, 0.25) is 0 Å². The lowest BCUT2D eigenvalue weighted by molar-refractivity contribution is -0.119. The number of methoxy groups -OCH3 is 1. The van der Waals surface area contributed by atoms with Crippen molar-refractivity contribution in [1.82, 2.24) is 10.3 Å². The number of carbonyl (C=O) groups excluding carboxylic acids is 1. The Hall–Kier alpha value is -4.54. The van der Waals surface area contributed by atoms with E-state index in [9.17, 15) is 14.7 Å². The summed E-state index contributed by atoms with van der Waals surface area (Å²) in [5.41, 5.74) is 4.06. The molecule has 2 unspecified atom stereocenters. The summed E-state index contributed by atoms with van der Waals surface area (Å²) in [4.78, 5) is 29.8. The number of hydrogen-bond acceptors (Lipinski definition) is 6. The fourth-order valence-electron chi connectivity index (χ4n) is 4.69. The fourth-order valence-corrected chi connectivity index (χ4v) is 5.03. The fraction of sp³-hybridized carbons (Fsp3) is 0.172. The number of carboxylic acid groups (broad SMARTS) is 1. The van der Waals surface area contributed by atoms with Crippen LogP contribution in [0.4, 0.5) is 11.4 Å². The van der Waals surface area contributed by atoms with Crippen LogP contribution < -0.4 is 15.5 Å². The van der Waals surface area contributed by atoms with E-state index >= 15 is 0 Å². The van der Waals surface area contributed by atoms with Gasteiger partial charge in [0.15, 0.2) is 5.11 Å². The molecule has 39 heavy (non-hydrogen) atoms. The lowest BCUT2D eigenvalue weighted by Gasteiger charge is -2.26. The summed E-state index contributed by atoms with van der Waals surface area (Å²) in [6, 6.07) is 21.1. The number of ether oxygens (including phenoxy) is 1. The third-order valence-corrected chi connectivity index (χ3v) is 6.77. The zero-order valence-corrected chi connectivity index (χ0v) is 22.1. The van der Waals surface area contributed by atoms with Crippen LogP contribution in [0.5, 0.6) is 0 Å². The van der Waals surface area contributed by atoms with Gasteiger partial charge in [-0.05, 0) is 85.4 Å². The lowest BCUT2D eigenvalue weighted by Crippen LogP contribution is -2.29. The van der Waals surface area contributed by atoms with Gasteiger partial charge in [0.2, 0.25) is 5.91 Å². The number of carboxylic acids is 1. The minimum absolute atomic E-state index is 0.0327. The molecule has 0 spiro atoms. The number of nitrogens with zero attached hydrogens (tertiary/aromatic N) is 2. The summed E-state index contributed by atoms with van der Waals surface area (Å²) in [6.45, 7) is 1.82. The highest BCUT2D eigenvalue weighted by molar-refractivity contribution is 7.80. The van der Waals surface area contributed by atoms with Gasteiger partial charge in [0.05, 0.1) is 17.3 Å². The number of pyridine rings is 1. The molecule has 9 nitrogen and oxygen atoms in total. The van der Waals surface area contributed by atoms with Gasteiger partial charge in [-0.25, -0.2) is 4.79 Å². The van der Waals surface area contributed by atoms with Crippen LogP contribution in [0.15, 0.2) is 83.4 Å². The van der Waals surface area contributed by atoms with Crippen LogP contribution in [-0.4, -0.2) is 40.8 Å². The number of thiocarbonyl (C=S) groups is 1. The van der Waals surface area contributed by atoms with Gasteiger partial charge >= 0.3 is 5.97 Å². The van der Waals surface area contributed by atoms with Crippen molar-refractivity contribution >= 4 is 40.6 Å². The summed E-state index contributed by atoms with van der Waals surface area (Å²) < 4.78 is 11.3. The first-order valence-corrected chi connectivity index (χ1v) is 12.6. The van der Waals surface area contributed by atoms with Gasteiger partial charge in [0.25, 0.3) is 0 Å². The molecule has 3 heterocycles. The summed E-state index contributed by atoms with van der Waals surface area (Å²) in [5, 5.41) is 16.0. The summed E-state index contributed by atoms with van der Waals surface area (Å²) in [7, 11) is 1.47. The summed E-state index contributed by atoms with van der Waals surface area (Å²) in [5.74, 6) is 0.0559. The molecule has 198 valence electrons. The smallest absolute Gasteiger partial charge is 0.335 e. The Balaban J connectivity index is 1.51. The maximum atomic E-state index is 11.9. The number of aryl methyl sites for hydroxylation is 1. The summed E-state index contributed by atoms with van der Waals surface area (Å²) in [6.07, 6.45) is 1.73. The molecule has 0 saturated carbocycles. The van der Waals surface area contributed by atoms with E-state index < -0.39 is 5.97 Å². The Labute approximate surface area is 230 Å². The van der Waals surface area contributed by atoms with Gasteiger partial charge in [-0.1, -0.05) is 12.1 Å². The van der Waals surface area contributed by atoms with Crippen molar-refractivity contribution in [1.29, 1.82) is 0 Å². The number of aromatic nitrogens is 1. The number of furan rings is 1. The van der Waals surface area contributed by atoms with E-state index in [0.29, 0.717) is 22.3 Å². The molecular formula is C29H26N4O5S. The Morgan fingerprint density at radius 3 is 2.59 bits per heavy atom. The van der Waals surface area contributed by atoms with E-state index in [4.69, 9.17) is 21.4 Å². The van der Waals surface area contributed by atoms with Gasteiger partial charge in [-0.3, -0.25) is 9.78 Å². The molecule has 2 aromatic carbocycles. The minimum Gasteiger partial charge on any atom is -0.478 e. The Morgan fingerprint density at radius 2 is 1.92 bits per heavy atom. The SMILES string of the molecule is COCC(=O)Nc1ccc(N2C(=S)NC(c3ccccn3)C2c2ccc(-c3ccc(C(=O)O)cc3C)o2)cc1. The first kappa shape index (κ1) is 26.1. The third kappa shape index (κ3) is 5.38. The molecule has 1 saturated heterocycles. The second-order valence-electron chi connectivity index (χ2n) is 9.06. The number of aromatic carboxylic acids is 1. The molecule has 10 heteroatoms. The molecular weight excluding hydrogens is 516 g/mol. The number of carbonyl (C=O) groups is 2.